The highest BCUT2D eigenvalue weighted by Crippen LogP contribution is 2.64. The number of amides is 1. The van der Waals surface area contributed by atoms with Gasteiger partial charge in [0.15, 0.2) is 0 Å². The summed E-state index contributed by atoms with van der Waals surface area (Å²) in [6, 6.07) is 0. The minimum atomic E-state index is 0.159. The lowest BCUT2D eigenvalue weighted by molar-refractivity contribution is -0.122. The summed E-state index contributed by atoms with van der Waals surface area (Å²) < 4.78 is 0.439. The third-order valence-electron chi connectivity index (χ3n) is 5.25. The molecule has 2 atom stereocenters. The van der Waals surface area contributed by atoms with E-state index in [9.17, 15) is 4.79 Å². The van der Waals surface area contributed by atoms with Crippen LogP contribution in [0.1, 0.15) is 37.1 Å². The number of carbonyl (C=O) groups is 1. The zero-order valence-electron chi connectivity index (χ0n) is 12.7. The molecule has 1 N–H and O–H groups in total. The van der Waals surface area contributed by atoms with Gasteiger partial charge < -0.3 is 5.32 Å². The smallest absolute Gasteiger partial charge is 0.229 e. The Bertz CT molecular complexity index is 554. The van der Waals surface area contributed by atoms with E-state index in [0.29, 0.717) is 21.0 Å². The predicted molar refractivity (Wildman–Crippen MR) is 94.5 cm³/mol. The maximum Gasteiger partial charge on any atom is 0.229 e. The lowest BCUT2D eigenvalue weighted by Crippen LogP contribution is -2.48. The quantitative estimate of drug-likeness (QED) is 0.875. The lowest BCUT2D eigenvalue weighted by atomic mass is 9.67. The number of nitrogens with one attached hydrogen (secondary N) is 1. The fourth-order valence-electron chi connectivity index (χ4n) is 4.38. The number of hydrogen-bond acceptors (Lipinski definition) is 6. The van der Waals surface area contributed by atoms with Crippen molar-refractivity contribution in [3.8, 4) is 0 Å². The van der Waals surface area contributed by atoms with E-state index in [1.807, 2.05) is 6.92 Å². The highest BCUT2D eigenvalue weighted by atomic mass is 32.2. The highest BCUT2D eigenvalue weighted by molar-refractivity contribution is 8.21. The molecule has 4 nitrogen and oxygen atoms in total. The van der Waals surface area contributed by atoms with Gasteiger partial charge >= 0.3 is 0 Å². The van der Waals surface area contributed by atoms with Crippen LogP contribution < -0.4 is 5.32 Å². The molecule has 7 heteroatoms. The molecule has 3 fully saturated rings. The van der Waals surface area contributed by atoms with Gasteiger partial charge in [0.2, 0.25) is 11.0 Å². The SMILES string of the molecule is Cc1nnc(NC(=O)C2C[C@H]3CCC[C@H](C2)C32SCCS2)s1. The Morgan fingerprint density at radius 1 is 1.18 bits per heavy atom. The van der Waals surface area contributed by atoms with Gasteiger partial charge in [0.25, 0.3) is 0 Å². The molecule has 22 heavy (non-hydrogen) atoms. The Morgan fingerprint density at radius 2 is 1.86 bits per heavy atom. The van der Waals surface area contributed by atoms with Crippen LogP contribution in [0.5, 0.6) is 0 Å². The predicted octanol–water partition coefficient (Wildman–Crippen LogP) is 3.79. The average molecular weight is 356 g/mol. The number of anilines is 1. The first-order valence-corrected chi connectivity index (χ1v) is 10.8. The number of rotatable bonds is 2. The summed E-state index contributed by atoms with van der Waals surface area (Å²) in [6.45, 7) is 1.91. The third-order valence-corrected chi connectivity index (χ3v) is 10.0. The van der Waals surface area contributed by atoms with Gasteiger partial charge in [-0.3, -0.25) is 4.79 Å². The second-order valence-electron chi connectivity index (χ2n) is 6.53. The van der Waals surface area contributed by atoms with Crippen LogP contribution in [-0.4, -0.2) is 31.7 Å². The van der Waals surface area contributed by atoms with Crippen LogP contribution in [0.15, 0.2) is 0 Å². The Balaban J connectivity index is 1.47. The van der Waals surface area contributed by atoms with E-state index < -0.39 is 0 Å². The second-order valence-corrected chi connectivity index (χ2v) is 10.7. The number of nitrogens with zero attached hydrogens (tertiary/aromatic N) is 2. The molecule has 4 rings (SSSR count). The van der Waals surface area contributed by atoms with Crippen molar-refractivity contribution in [3.05, 3.63) is 5.01 Å². The van der Waals surface area contributed by atoms with Crippen LogP contribution in [0.4, 0.5) is 5.13 Å². The third kappa shape index (κ3) is 2.59. The zero-order chi connectivity index (χ0) is 15.2. The molecule has 1 aromatic rings. The van der Waals surface area contributed by atoms with Crippen LogP contribution in [0.2, 0.25) is 0 Å². The highest BCUT2D eigenvalue weighted by Gasteiger charge is 2.55. The molecule has 1 aromatic heterocycles. The maximum atomic E-state index is 12.6. The van der Waals surface area contributed by atoms with E-state index in [0.717, 1.165) is 17.8 Å². The van der Waals surface area contributed by atoms with Crippen molar-refractivity contribution in [2.75, 3.05) is 16.8 Å². The molecule has 1 amide bonds. The number of thioether (sulfide) groups is 2. The van der Waals surface area contributed by atoms with E-state index in [1.54, 1.807) is 0 Å². The Labute approximate surface area is 143 Å². The Kier molecular flexibility index (Phi) is 4.15. The van der Waals surface area contributed by atoms with Crippen molar-refractivity contribution in [2.45, 2.75) is 43.1 Å². The summed E-state index contributed by atoms with van der Waals surface area (Å²) in [5, 5.41) is 12.5. The van der Waals surface area contributed by atoms with Crippen molar-refractivity contribution < 1.29 is 4.79 Å². The molecular formula is C15H21N3OS3. The number of aromatic nitrogens is 2. The molecule has 1 spiro atoms. The van der Waals surface area contributed by atoms with E-state index in [1.165, 1.54) is 42.1 Å². The second kappa shape index (κ2) is 5.98. The van der Waals surface area contributed by atoms with Gasteiger partial charge in [-0.2, -0.15) is 0 Å². The lowest BCUT2D eigenvalue weighted by Gasteiger charge is -2.51. The van der Waals surface area contributed by atoms with Crippen LogP contribution in [-0.2, 0) is 4.79 Å². The number of carbonyl (C=O) groups excluding carboxylic acids is 1. The van der Waals surface area contributed by atoms with Crippen molar-refractivity contribution in [1.82, 2.24) is 10.2 Å². The molecule has 0 aromatic carbocycles. The van der Waals surface area contributed by atoms with Crippen LogP contribution >= 0.6 is 34.9 Å². The first-order chi connectivity index (χ1) is 10.7. The Morgan fingerprint density at radius 3 is 2.45 bits per heavy atom. The van der Waals surface area contributed by atoms with Gasteiger partial charge in [-0.15, -0.1) is 33.7 Å². The summed E-state index contributed by atoms with van der Waals surface area (Å²) in [4.78, 5) is 12.6. The van der Waals surface area contributed by atoms with E-state index >= 15 is 0 Å². The molecule has 120 valence electrons. The largest absolute Gasteiger partial charge is 0.300 e. The van der Waals surface area contributed by atoms with Gasteiger partial charge in [0.05, 0.1) is 4.08 Å². The topological polar surface area (TPSA) is 54.9 Å². The molecule has 2 heterocycles. The van der Waals surface area contributed by atoms with E-state index in [4.69, 9.17) is 0 Å². The summed E-state index contributed by atoms with van der Waals surface area (Å²) >= 11 is 5.84. The van der Waals surface area contributed by atoms with Crippen LogP contribution in [0.3, 0.4) is 0 Å². The molecule has 2 aliphatic carbocycles. The normalized spacial score (nSPS) is 33.0. The molecular weight excluding hydrogens is 334 g/mol. The minimum absolute atomic E-state index is 0.159. The average Bonchev–Trinajstić information content (AvgIpc) is 3.09. The fraction of sp³-hybridized carbons (Fsp3) is 0.800. The molecule has 0 unspecified atom stereocenters. The standard InChI is InChI=1S/C15H21N3OS3/c1-9-17-18-14(22-9)16-13(19)10-7-11-3-2-4-12(8-10)15(11)20-5-6-21-15/h10-12H,2-8H2,1H3,(H,16,18,19)/t11-,12-/m1/s1. The fourth-order valence-corrected chi connectivity index (χ4v) is 8.91. The van der Waals surface area contributed by atoms with Crippen molar-refractivity contribution in [3.63, 3.8) is 0 Å². The minimum Gasteiger partial charge on any atom is -0.300 e. The van der Waals surface area contributed by atoms with Gasteiger partial charge in [0.1, 0.15) is 5.01 Å². The Hall–Kier alpha value is -0.270. The van der Waals surface area contributed by atoms with Crippen molar-refractivity contribution >= 4 is 45.9 Å². The molecule has 2 saturated carbocycles. The molecule has 2 bridgehead atoms. The van der Waals surface area contributed by atoms with Gasteiger partial charge in [-0.1, -0.05) is 17.8 Å². The van der Waals surface area contributed by atoms with Crippen LogP contribution in [0, 0.1) is 24.7 Å². The summed E-state index contributed by atoms with van der Waals surface area (Å²) in [6.07, 6.45) is 6.07. The van der Waals surface area contributed by atoms with Crippen molar-refractivity contribution in [2.24, 2.45) is 17.8 Å². The zero-order valence-corrected chi connectivity index (χ0v) is 15.2. The summed E-state index contributed by atoms with van der Waals surface area (Å²) in [5.74, 6) is 4.33. The van der Waals surface area contributed by atoms with E-state index in [-0.39, 0.29) is 11.8 Å². The van der Waals surface area contributed by atoms with Gasteiger partial charge in [-0.25, -0.2) is 0 Å². The maximum absolute atomic E-state index is 12.6. The van der Waals surface area contributed by atoms with Crippen molar-refractivity contribution in [1.29, 1.82) is 0 Å². The summed E-state index contributed by atoms with van der Waals surface area (Å²) in [5.41, 5.74) is 0. The van der Waals surface area contributed by atoms with Gasteiger partial charge in [-0.05, 0) is 44.4 Å². The number of hydrogen-bond donors (Lipinski definition) is 1. The first kappa shape index (κ1) is 15.3. The molecule has 0 radical (unpaired) electrons. The van der Waals surface area contributed by atoms with Gasteiger partial charge in [0, 0.05) is 17.4 Å². The van der Waals surface area contributed by atoms with Crippen LogP contribution in [0.25, 0.3) is 0 Å². The monoisotopic (exact) mass is 355 g/mol. The molecule has 1 saturated heterocycles. The van der Waals surface area contributed by atoms with E-state index in [2.05, 4.69) is 39.0 Å². The molecule has 1 aliphatic heterocycles. The summed E-state index contributed by atoms with van der Waals surface area (Å²) in [7, 11) is 0. The molecule has 3 aliphatic rings. The first-order valence-electron chi connectivity index (χ1n) is 8.06. The number of aryl methyl sites for hydroxylation is 1.